The van der Waals surface area contributed by atoms with Gasteiger partial charge in [-0.05, 0) is 45.7 Å². The van der Waals surface area contributed by atoms with Crippen LogP contribution >= 0.6 is 0 Å². The zero-order chi connectivity index (χ0) is 15.9. The van der Waals surface area contributed by atoms with Gasteiger partial charge in [0.05, 0.1) is 0 Å². The summed E-state index contributed by atoms with van der Waals surface area (Å²) in [5.74, 6) is -0.150. The lowest BCUT2D eigenvalue weighted by molar-refractivity contribution is -0.128. The number of amides is 1. The Hall–Kier alpha value is -1.30. The van der Waals surface area contributed by atoms with Gasteiger partial charge in [0.15, 0.2) is 5.84 Å². The van der Waals surface area contributed by atoms with Crippen LogP contribution in [-0.2, 0) is 4.79 Å². The van der Waals surface area contributed by atoms with E-state index in [-0.39, 0.29) is 17.8 Å². The van der Waals surface area contributed by atoms with Crippen molar-refractivity contribution in [3.05, 3.63) is 0 Å². The Morgan fingerprint density at radius 3 is 2.38 bits per heavy atom. The molecule has 1 amide bonds. The van der Waals surface area contributed by atoms with E-state index in [1.165, 1.54) is 19.3 Å². The lowest BCUT2D eigenvalue weighted by Gasteiger charge is -2.33. The van der Waals surface area contributed by atoms with Gasteiger partial charge in [-0.1, -0.05) is 25.4 Å². The van der Waals surface area contributed by atoms with E-state index in [1.807, 2.05) is 20.8 Å². The molecule has 1 aliphatic rings. The molecule has 0 aromatic carbocycles. The third kappa shape index (κ3) is 4.33. The fraction of sp³-hybridized carbons (Fsp3) is 0.867. The number of carbonyl (C=O) groups is 1. The summed E-state index contributed by atoms with van der Waals surface area (Å²) in [7, 11) is 0. The molecule has 21 heavy (non-hydrogen) atoms. The molecular weight excluding hydrogens is 268 g/mol. The molecule has 1 heterocycles. The molecule has 0 spiro atoms. The van der Waals surface area contributed by atoms with E-state index in [4.69, 9.17) is 10.9 Å². The Morgan fingerprint density at radius 1 is 1.33 bits per heavy atom. The van der Waals surface area contributed by atoms with E-state index in [0.29, 0.717) is 12.8 Å². The Morgan fingerprint density at radius 2 is 1.90 bits per heavy atom. The van der Waals surface area contributed by atoms with Crippen LogP contribution in [0.4, 0.5) is 0 Å². The summed E-state index contributed by atoms with van der Waals surface area (Å²) in [5, 5.41) is 15.1. The second kappa shape index (κ2) is 8.22. The highest BCUT2D eigenvalue weighted by atomic mass is 16.4. The Labute approximate surface area is 127 Å². The molecule has 4 N–H and O–H groups in total. The minimum absolute atomic E-state index is 0.00447. The van der Waals surface area contributed by atoms with Gasteiger partial charge in [0.2, 0.25) is 5.91 Å². The molecule has 1 saturated heterocycles. The van der Waals surface area contributed by atoms with Crippen LogP contribution in [0, 0.1) is 5.41 Å². The molecule has 0 bridgehead atoms. The summed E-state index contributed by atoms with van der Waals surface area (Å²) in [4.78, 5) is 15.0. The van der Waals surface area contributed by atoms with Crippen LogP contribution in [0.2, 0.25) is 0 Å². The zero-order valence-corrected chi connectivity index (χ0v) is 13.6. The van der Waals surface area contributed by atoms with Gasteiger partial charge in [0, 0.05) is 12.6 Å². The summed E-state index contributed by atoms with van der Waals surface area (Å²) < 4.78 is 0. The number of carbonyl (C=O) groups excluding carboxylic acids is 1. The second-order valence-electron chi connectivity index (χ2n) is 6.01. The van der Waals surface area contributed by atoms with Crippen LogP contribution in [0.1, 0.15) is 52.9 Å². The van der Waals surface area contributed by atoms with Crippen LogP contribution < -0.4 is 11.1 Å². The van der Waals surface area contributed by atoms with Gasteiger partial charge >= 0.3 is 0 Å². The van der Waals surface area contributed by atoms with Gasteiger partial charge < -0.3 is 21.2 Å². The molecule has 0 radical (unpaired) electrons. The summed E-state index contributed by atoms with van der Waals surface area (Å²) >= 11 is 0. The van der Waals surface area contributed by atoms with Crippen LogP contribution in [0.5, 0.6) is 0 Å². The lowest BCUT2D eigenvalue weighted by atomic mass is 9.80. The van der Waals surface area contributed by atoms with E-state index in [2.05, 4.69) is 15.4 Å². The maximum atomic E-state index is 12.6. The van der Waals surface area contributed by atoms with Gasteiger partial charge in [0.1, 0.15) is 5.41 Å². The van der Waals surface area contributed by atoms with Crippen molar-refractivity contribution in [2.24, 2.45) is 16.3 Å². The highest BCUT2D eigenvalue weighted by Crippen LogP contribution is 2.27. The number of nitrogens with two attached hydrogens (primary N) is 1. The molecule has 1 aliphatic heterocycles. The average Bonchev–Trinajstić information content (AvgIpc) is 2.49. The first-order valence-corrected chi connectivity index (χ1v) is 8.01. The van der Waals surface area contributed by atoms with Gasteiger partial charge in [0.25, 0.3) is 0 Å². The number of piperidine rings is 1. The normalized spacial score (nSPS) is 19.3. The molecule has 1 atom stereocenters. The molecule has 6 nitrogen and oxygen atoms in total. The molecule has 6 heteroatoms. The minimum atomic E-state index is -0.912. The van der Waals surface area contributed by atoms with E-state index < -0.39 is 5.41 Å². The smallest absolute Gasteiger partial charge is 0.234 e. The number of hydrogen-bond donors (Lipinski definition) is 3. The monoisotopic (exact) mass is 298 g/mol. The zero-order valence-electron chi connectivity index (χ0n) is 13.6. The number of amidine groups is 1. The van der Waals surface area contributed by atoms with Gasteiger partial charge in [-0.2, -0.15) is 0 Å². The summed E-state index contributed by atoms with van der Waals surface area (Å²) in [6.45, 7) is 8.84. The number of hydrogen-bond acceptors (Lipinski definition) is 4. The molecule has 0 aromatic rings. The molecule has 122 valence electrons. The number of rotatable bonds is 7. The molecule has 0 aromatic heterocycles. The number of nitrogens with one attached hydrogen (secondary N) is 1. The van der Waals surface area contributed by atoms with Gasteiger partial charge in [-0.25, -0.2) is 0 Å². The lowest BCUT2D eigenvalue weighted by Crippen LogP contribution is -2.53. The second-order valence-corrected chi connectivity index (χ2v) is 6.01. The van der Waals surface area contributed by atoms with E-state index in [1.54, 1.807) is 0 Å². The summed E-state index contributed by atoms with van der Waals surface area (Å²) in [6, 6.07) is 0.0552. The summed E-state index contributed by atoms with van der Waals surface area (Å²) in [5.41, 5.74) is 4.85. The van der Waals surface area contributed by atoms with Crippen molar-refractivity contribution < 1.29 is 10.0 Å². The highest BCUT2D eigenvalue weighted by Gasteiger charge is 2.40. The standard InChI is InChI=1S/C15H30N4O2/c1-4-15(5-2,13(16)18-21)14(20)17-12(3)11-19-9-7-6-8-10-19/h12,21H,4-11H2,1-3H3,(H2,16,18)(H,17,20). The number of nitrogens with zero attached hydrogens (tertiary/aromatic N) is 2. The van der Waals surface area contributed by atoms with Gasteiger partial charge in [-0.15, -0.1) is 0 Å². The van der Waals surface area contributed by atoms with Crippen molar-refractivity contribution in [3.63, 3.8) is 0 Å². The van der Waals surface area contributed by atoms with E-state index >= 15 is 0 Å². The Kier molecular flexibility index (Phi) is 6.95. The first-order valence-electron chi connectivity index (χ1n) is 8.01. The molecule has 1 rings (SSSR count). The first-order chi connectivity index (χ1) is 10.00. The van der Waals surface area contributed by atoms with Crippen LogP contribution in [0.3, 0.4) is 0 Å². The predicted octanol–water partition coefficient (Wildman–Crippen LogP) is 1.53. The summed E-state index contributed by atoms with van der Waals surface area (Å²) in [6.07, 6.45) is 4.80. The van der Waals surface area contributed by atoms with Crippen molar-refractivity contribution in [1.29, 1.82) is 0 Å². The third-order valence-corrected chi connectivity index (χ3v) is 4.60. The van der Waals surface area contributed by atoms with Crippen LogP contribution in [0.15, 0.2) is 5.16 Å². The third-order valence-electron chi connectivity index (χ3n) is 4.60. The van der Waals surface area contributed by atoms with Crippen molar-refractivity contribution in [1.82, 2.24) is 10.2 Å². The number of likely N-dealkylation sites (tertiary alicyclic amines) is 1. The number of oxime groups is 1. The maximum Gasteiger partial charge on any atom is 0.234 e. The largest absolute Gasteiger partial charge is 0.409 e. The average molecular weight is 298 g/mol. The highest BCUT2D eigenvalue weighted by molar-refractivity contribution is 6.06. The SMILES string of the molecule is CCC(CC)(C(=O)NC(C)CN1CCCCC1)C(N)=NO. The fourth-order valence-corrected chi connectivity index (χ4v) is 3.08. The quantitative estimate of drug-likeness (QED) is 0.288. The molecular formula is C15H30N4O2. The fourth-order valence-electron chi connectivity index (χ4n) is 3.08. The van der Waals surface area contributed by atoms with Crippen molar-refractivity contribution in [3.8, 4) is 0 Å². The predicted molar refractivity (Wildman–Crippen MR) is 84.3 cm³/mol. The van der Waals surface area contributed by atoms with Gasteiger partial charge in [-0.3, -0.25) is 4.79 Å². The maximum absolute atomic E-state index is 12.6. The molecule has 1 fully saturated rings. The van der Waals surface area contributed by atoms with Crippen LogP contribution in [-0.4, -0.2) is 47.5 Å². The van der Waals surface area contributed by atoms with E-state index in [9.17, 15) is 4.79 Å². The minimum Gasteiger partial charge on any atom is -0.409 e. The van der Waals surface area contributed by atoms with Crippen LogP contribution in [0.25, 0.3) is 0 Å². The van der Waals surface area contributed by atoms with E-state index in [0.717, 1.165) is 19.6 Å². The molecule has 0 saturated carbocycles. The van der Waals surface area contributed by atoms with Crippen molar-refractivity contribution in [2.75, 3.05) is 19.6 Å². The topological polar surface area (TPSA) is 91.0 Å². The Balaban J connectivity index is 2.63. The first kappa shape index (κ1) is 17.8. The van der Waals surface area contributed by atoms with Crippen molar-refractivity contribution in [2.45, 2.75) is 58.9 Å². The molecule has 1 unspecified atom stereocenters. The molecule has 0 aliphatic carbocycles. The Bertz CT molecular complexity index is 361. The van der Waals surface area contributed by atoms with Crippen molar-refractivity contribution >= 4 is 11.7 Å².